The third-order valence-electron chi connectivity index (χ3n) is 8.00. The van der Waals surface area contributed by atoms with E-state index in [-0.39, 0.29) is 29.5 Å². The molecule has 0 fully saturated rings. The Morgan fingerprint density at radius 2 is 1.35 bits per heavy atom. The van der Waals surface area contributed by atoms with Gasteiger partial charge in [0.1, 0.15) is 24.1 Å². The molecule has 5 aromatic rings. The van der Waals surface area contributed by atoms with Gasteiger partial charge in [0, 0.05) is 23.0 Å². The van der Waals surface area contributed by atoms with Crippen LogP contribution in [0.15, 0.2) is 143 Å². The minimum absolute atomic E-state index is 0.0374. The summed E-state index contributed by atoms with van der Waals surface area (Å²) in [6.45, 7) is 7.02. The lowest BCUT2D eigenvalue weighted by atomic mass is 10.0. The van der Waals surface area contributed by atoms with Gasteiger partial charge in [0.25, 0.3) is 10.0 Å². The molecular formula is C41H42BrN3O5S. The fourth-order valence-corrected chi connectivity index (χ4v) is 7.37. The van der Waals surface area contributed by atoms with Crippen molar-refractivity contribution in [2.24, 2.45) is 0 Å². The Bertz CT molecular complexity index is 2030. The highest BCUT2D eigenvalue weighted by molar-refractivity contribution is 9.10. The monoisotopic (exact) mass is 767 g/mol. The standard InChI is InChI=1S/C41H42BrN3O5S/c1-30-18-24-37(25-19-30)51(48,49)45(34-20-22-36(23-21-34)50-35-16-9-6-10-17-35)29-39(46)44(28-32-14-11-15-33(42)26-32)38(40(47)43-41(2,3)4)27-31-12-7-5-8-13-31/h5-26,38H,27-29H2,1-4H3,(H,43,47). The SMILES string of the molecule is Cc1ccc(S(=O)(=O)N(CC(=O)N(Cc2cccc(Br)c2)C(Cc2ccccc2)C(=O)NC(C)(C)C)c2ccc(Oc3ccccc3)cc2)cc1. The largest absolute Gasteiger partial charge is 0.457 e. The second kappa shape index (κ2) is 16.4. The van der Waals surface area contributed by atoms with Gasteiger partial charge in [-0.3, -0.25) is 13.9 Å². The number of anilines is 1. The number of carbonyl (C=O) groups is 2. The normalized spacial score (nSPS) is 12.1. The molecule has 1 N–H and O–H groups in total. The summed E-state index contributed by atoms with van der Waals surface area (Å²) < 4.78 is 36.7. The molecule has 0 aliphatic rings. The van der Waals surface area contributed by atoms with Crippen LogP contribution >= 0.6 is 15.9 Å². The molecule has 51 heavy (non-hydrogen) atoms. The number of nitrogens with zero attached hydrogens (tertiary/aromatic N) is 2. The first kappa shape index (κ1) is 37.3. The van der Waals surface area contributed by atoms with Gasteiger partial charge in [0.15, 0.2) is 0 Å². The highest BCUT2D eigenvalue weighted by Crippen LogP contribution is 2.29. The second-order valence-corrected chi connectivity index (χ2v) is 16.1. The van der Waals surface area contributed by atoms with E-state index >= 15 is 0 Å². The topological polar surface area (TPSA) is 96.0 Å². The summed E-state index contributed by atoms with van der Waals surface area (Å²) in [7, 11) is -4.25. The Hall–Kier alpha value is -4.93. The van der Waals surface area contributed by atoms with Crippen LogP contribution in [0.2, 0.25) is 0 Å². The van der Waals surface area contributed by atoms with Crippen LogP contribution in [0.5, 0.6) is 11.5 Å². The molecule has 0 aromatic heterocycles. The van der Waals surface area contributed by atoms with E-state index in [1.807, 2.05) is 113 Å². The van der Waals surface area contributed by atoms with Crippen molar-refractivity contribution in [2.75, 3.05) is 10.8 Å². The van der Waals surface area contributed by atoms with E-state index < -0.39 is 34.1 Å². The number of amides is 2. The maximum absolute atomic E-state index is 14.8. The van der Waals surface area contributed by atoms with Crippen molar-refractivity contribution in [3.8, 4) is 11.5 Å². The van der Waals surface area contributed by atoms with E-state index in [0.717, 1.165) is 25.5 Å². The highest BCUT2D eigenvalue weighted by atomic mass is 79.9. The summed E-state index contributed by atoms with van der Waals surface area (Å²) in [5.74, 6) is 0.248. The maximum Gasteiger partial charge on any atom is 0.264 e. The summed E-state index contributed by atoms with van der Waals surface area (Å²) in [5, 5.41) is 3.06. The number of carbonyl (C=O) groups excluding carboxylic acids is 2. The van der Waals surface area contributed by atoms with Gasteiger partial charge in [-0.1, -0.05) is 94.3 Å². The zero-order valence-electron chi connectivity index (χ0n) is 29.1. The number of halogens is 1. The first-order valence-corrected chi connectivity index (χ1v) is 18.8. The molecule has 5 rings (SSSR count). The number of hydrogen-bond acceptors (Lipinski definition) is 5. The van der Waals surface area contributed by atoms with Crippen molar-refractivity contribution in [3.63, 3.8) is 0 Å². The molecule has 0 radical (unpaired) electrons. The van der Waals surface area contributed by atoms with Crippen molar-refractivity contribution in [2.45, 2.75) is 57.1 Å². The smallest absolute Gasteiger partial charge is 0.264 e. The Balaban J connectivity index is 1.57. The van der Waals surface area contributed by atoms with Gasteiger partial charge in [-0.15, -0.1) is 0 Å². The van der Waals surface area contributed by atoms with E-state index in [1.54, 1.807) is 36.4 Å². The van der Waals surface area contributed by atoms with Crippen LogP contribution in [0.1, 0.15) is 37.5 Å². The summed E-state index contributed by atoms with van der Waals surface area (Å²) in [5.41, 5.74) is 2.21. The molecule has 2 amide bonds. The number of hydrogen-bond donors (Lipinski definition) is 1. The summed E-state index contributed by atoms with van der Waals surface area (Å²) >= 11 is 3.52. The van der Waals surface area contributed by atoms with Crippen LogP contribution in [0.3, 0.4) is 0 Å². The lowest BCUT2D eigenvalue weighted by Gasteiger charge is -2.35. The highest BCUT2D eigenvalue weighted by Gasteiger charge is 2.35. The molecule has 0 aliphatic heterocycles. The van der Waals surface area contributed by atoms with Crippen LogP contribution in [-0.4, -0.2) is 43.3 Å². The van der Waals surface area contributed by atoms with Crippen molar-refractivity contribution in [1.82, 2.24) is 10.2 Å². The van der Waals surface area contributed by atoms with Gasteiger partial charge >= 0.3 is 0 Å². The predicted molar refractivity (Wildman–Crippen MR) is 205 cm³/mol. The Labute approximate surface area is 309 Å². The minimum Gasteiger partial charge on any atom is -0.457 e. The van der Waals surface area contributed by atoms with E-state index in [1.165, 1.54) is 17.0 Å². The van der Waals surface area contributed by atoms with Crippen molar-refractivity contribution < 1.29 is 22.7 Å². The number of para-hydroxylation sites is 1. The second-order valence-electron chi connectivity index (χ2n) is 13.3. The fourth-order valence-electron chi connectivity index (χ4n) is 5.51. The van der Waals surface area contributed by atoms with Crippen molar-refractivity contribution in [3.05, 3.63) is 155 Å². The van der Waals surface area contributed by atoms with Gasteiger partial charge in [-0.05, 0) is 99.5 Å². The third kappa shape index (κ3) is 10.3. The molecule has 0 saturated carbocycles. The Kier molecular flexibility index (Phi) is 12.0. The number of aryl methyl sites for hydroxylation is 1. The van der Waals surface area contributed by atoms with E-state index in [0.29, 0.717) is 11.5 Å². The quantitative estimate of drug-likeness (QED) is 0.130. The summed E-state index contributed by atoms with van der Waals surface area (Å²) in [4.78, 5) is 30.4. The average molecular weight is 769 g/mol. The number of ether oxygens (including phenoxy) is 1. The zero-order chi connectivity index (χ0) is 36.6. The molecular weight excluding hydrogens is 726 g/mol. The summed E-state index contributed by atoms with van der Waals surface area (Å²) in [6.07, 6.45) is 0.221. The number of sulfonamides is 1. The maximum atomic E-state index is 14.8. The molecule has 1 atom stereocenters. The van der Waals surface area contributed by atoms with Crippen LogP contribution < -0.4 is 14.4 Å². The van der Waals surface area contributed by atoms with Gasteiger partial charge in [0.2, 0.25) is 11.8 Å². The van der Waals surface area contributed by atoms with Crippen molar-refractivity contribution >= 4 is 43.5 Å². The van der Waals surface area contributed by atoms with Crippen LogP contribution in [0.4, 0.5) is 5.69 Å². The molecule has 0 saturated heterocycles. The number of benzene rings is 5. The van der Waals surface area contributed by atoms with E-state index in [4.69, 9.17) is 4.74 Å². The number of nitrogens with one attached hydrogen (secondary N) is 1. The number of rotatable bonds is 13. The van der Waals surface area contributed by atoms with Gasteiger partial charge in [-0.25, -0.2) is 8.42 Å². The van der Waals surface area contributed by atoms with Crippen LogP contribution in [-0.2, 0) is 32.6 Å². The fraction of sp³-hybridized carbons (Fsp3) is 0.220. The van der Waals surface area contributed by atoms with Crippen molar-refractivity contribution in [1.29, 1.82) is 0 Å². The summed E-state index contributed by atoms with van der Waals surface area (Å²) in [6, 6.07) is 38.3. The molecule has 1 unspecified atom stereocenters. The predicted octanol–water partition coefficient (Wildman–Crippen LogP) is 8.30. The molecule has 0 bridgehead atoms. The molecule has 5 aromatic carbocycles. The minimum atomic E-state index is -4.25. The first-order valence-electron chi connectivity index (χ1n) is 16.6. The van der Waals surface area contributed by atoms with E-state index in [2.05, 4.69) is 21.2 Å². The van der Waals surface area contributed by atoms with Gasteiger partial charge in [0.05, 0.1) is 10.6 Å². The third-order valence-corrected chi connectivity index (χ3v) is 10.3. The average Bonchev–Trinajstić information content (AvgIpc) is 3.09. The molecule has 0 heterocycles. The van der Waals surface area contributed by atoms with Crippen LogP contribution in [0, 0.1) is 6.92 Å². The lowest BCUT2D eigenvalue weighted by Crippen LogP contribution is -2.56. The lowest BCUT2D eigenvalue weighted by molar-refractivity contribution is -0.140. The molecule has 0 aliphatic carbocycles. The Morgan fingerprint density at radius 3 is 1.96 bits per heavy atom. The van der Waals surface area contributed by atoms with Crippen LogP contribution in [0.25, 0.3) is 0 Å². The molecule has 0 spiro atoms. The van der Waals surface area contributed by atoms with Gasteiger partial charge in [-0.2, -0.15) is 0 Å². The molecule has 264 valence electrons. The van der Waals surface area contributed by atoms with Gasteiger partial charge < -0.3 is 15.0 Å². The zero-order valence-corrected chi connectivity index (χ0v) is 31.5. The van der Waals surface area contributed by atoms with E-state index in [9.17, 15) is 18.0 Å². The molecule has 8 nitrogen and oxygen atoms in total. The Morgan fingerprint density at radius 1 is 0.765 bits per heavy atom. The first-order chi connectivity index (χ1) is 24.3. The molecule has 10 heteroatoms.